The van der Waals surface area contributed by atoms with E-state index in [1.54, 1.807) is 4.90 Å². The summed E-state index contributed by atoms with van der Waals surface area (Å²) in [4.78, 5) is 27.4. The molecule has 2 aliphatic heterocycles. The monoisotopic (exact) mass is 254 g/mol. The molecule has 2 saturated heterocycles. The Morgan fingerprint density at radius 3 is 2.83 bits per heavy atom. The molecule has 2 heterocycles. The van der Waals surface area contributed by atoms with Crippen LogP contribution < -0.4 is 10.6 Å². The molecule has 2 N–H and O–H groups in total. The predicted octanol–water partition coefficient (Wildman–Crippen LogP) is -0.389. The number of carbonyl (C=O) groups excluding carboxylic acids is 2. The van der Waals surface area contributed by atoms with E-state index in [4.69, 9.17) is 0 Å². The van der Waals surface area contributed by atoms with Crippen LogP contribution in [0.2, 0.25) is 0 Å². The zero-order chi connectivity index (χ0) is 13.3. The SMILES string of the molecule is CC(C)(C)NC(=O)CN1CC2CNCCN2C1=O. The molecule has 6 nitrogen and oxygen atoms in total. The summed E-state index contributed by atoms with van der Waals surface area (Å²) in [6.07, 6.45) is 0. The Morgan fingerprint density at radius 2 is 2.22 bits per heavy atom. The molecule has 6 heteroatoms. The summed E-state index contributed by atoms with van der Waals surface area (Å²) in [6.45, 7) is 9.00. The molecule has 0 aliphatic carbocycles. The summed E-state index contributed by atoms with van der Waals surface area (Å²) in [5.41, 5.74) is -0.255. The minimum atomic E-state index is -0.255. The number of nitrogens with one attached hydrogen (secondary N) is 2. The number of urea groups is 1. The van der Waals surface area contributed by atoms with Crippen molar-refractivity contribution >= 4 is 11.9 Å². The van der Waals surface area contributed by atoms with E-state index in [-0.39, 0.29) is 30.1 Å². The van der Waals surface area contributed by atoms with Crippen LogP contribution in [0.3, 0.4) is 0 Å². The van der Waals surface area contributed by atoms with Crippen LogP contribution in [0.15, 0.2) is 0 Å². The highest BCUT2D eigenvalue weighted by Crippen LogP contribution is 2.16. The van der Waals surface area contributed by atoms with E-state index in [0.29, 0.717) is 6.54 Å². The van der Waals surface area contributed by atoms with Gasteiger partial charge in [-0.05, 0) is 20.8 Å². The third-order valence-electron chi connectivity index (χ3n) is 3.15. The maximum absolute atomic E-state index is 12.1. The molecule has 0 saturated carbocycles. The first-order valence-corrected chi connectivity index (χ1v) is 6.44. The minimum absolute atomic E-state index is 0.00874. The zero-order valence-corrected chi connectivity index (χ0v) is 11.3. The number of amides is 3. The molecule has 1 unspecified atom stereocenters. The second kappa shape index (κ2) is 4.76. The Labute approximate surface area is 108 Å². The summed E-state index contributed by atoms with van der Waals surface area (Å²) in [5.74, 6) is -0.0938. The van der Waals surface area contributed by atoms with Crippen LogP contribution in [0, 0.1) is 0 Å². The smallest absolute Gasteiger partial charge is 0.320 e. The van der Waals surface area contributed by atoms with Crippen LogP contribution in [0.5, 0.6) is 0 Å². The minimum Gasteiger partial charge on any atom is -0.350 e. The van der Waals surface area contributed by atoms with E-state index in [2.05, 4.69) is 10.6 Å². The molecule has 0 bridgehead atoms. The maximum atomic E-state index is 12.1. The number of nitrogens with zero attached hydrogens (tertiary/aromatic N) is 2. The van der Waals surface area contributed by atoms with Gasteiger partial charge >= 0.3 is 6.03 Å². The first kappa shape index (κ1) is 13.1. The van der Waals surface area contributed by atoms with E-state index >= 15 is 0 Å². The van der Waals surface area contributed by atoms with Gasteiger partial charge in [-0.3, -0.25) is 4.79 Å². The van der Waals surface area contributed by atoms with Gasteiger partial charge < -0.3 is 20.4 Å². The fourth-order valence-corrected chi connectivity index (χ4v) is 2.45. The number of piperazine rings is 1. The summed E-state index contributed by atoms with van der Waals surface area (Å²) >= 11 is 0. The van der Waals surface area contributed by atoms with E-state index in [0.717, 1.165) is 19.6 Å². The van der Waals surface area contributed by atoms with Crippen molar-refractivity contribution in [3.63, 3.8) is 0 Å². The molecular formula is C12H22N4O2. The van der Waals surface area contributed by atoms with E-state index in [1.807, 2.05) is 25.7 Å². The average molecular weight is 254 g/mol. The topological polar surface area (TPSA) is 64.7 Å². The largest absolute Gasteiger partial charge is 0.350 e. The van der Waals surface area contributed by atoms with Gasteiger partial charge in [-0.2, -0.15) is 0 Å². The van der Waals surface area contributed by atoms with Crippen LogP contribution in [0.25, 0.3) is 0 Å². The first-order valence-electron chi connectivity index (χ1n) is 6.44. The molecule has 0 aromatic carbocycles. The molecule has 102 valence electrons. The van der Waals surface area contributed by atoms with Gasteiger partial charge in [-0.1, -0.05) is 0 Å². The van der Waals surface area contributed by atoms with Crippen LogP contribution in [-0.4, -0.2) is 66.0 Å². The van der Waals surface area contributed by atoms with Crippen molar-refractivity contribution in [1.29, 1.82) is 0 Å². The lowest BCUT2D eigenvalue weighted by Gasteiger charge is -2.28. The third kappa shape index (κ3) is 2.93. The van der Waals surface area contributed by atoms with Crippen molar-refractivity contribution in [2.24, 2.45) is 0 Å². The zero-order valence-electron chi connectivity index (χ0n) is 11.3. The third-order valence-corrected chi connectivity index (χ3v) is 3.15. The van der Waals surface area contributed by atoms with Crippen molar-refractivity contribution in [2.75, 3.05) is 32.7 Å². The molecule has 3 amide bonds. The Kier molecular flexibility index (Phi) is 3.47. The van der Waals surface area contributed by atoms with Gasteiger partial charge in [0.15, 0.2) is 0 Å². The Morgan fingerprint density at radius 1 is 1.50 bits per heavy atom. The van der Waals surface area contributed by atoms with Gasteiger partial charge in [0.1, 0.15) is 6.54 Å². The highest BCUT2D eigenvalue weighted by atomic mass is 16.2. The van der Waals surface area contributed by atoms with E-state index in [9.17, 15) is 9.59 Å². The number of hydrogen-bond donors (Lipinski definition) is 2. The molecule has 18 heavy (non-hydrogen) atoms. The van der Waals surface area contributed by atoms with Gasteiger partial charge in [-0.15, -0.1) is 0 Å². The van der Waals surface area contributed by atoms with Gasteiger partial charge in [-0.25, -0.2) is 4.79 Å². The Hall–Kier alpha value is -1.30. The van der Waals surface area contributed by atoms with Gasteiger partial charge in [0.25, 0.3) is 0 Å². The predicted molar refractivity (Wildman–Crippen MR) is 68.2 cm³/mol. The molecule has 2 fully saturated rings. The second-order valence-electron chi connectivity index (χ2n) is 6.01. The normalized spacial score (nSPS) is 24.2. The van der Waals surface area contributed by atoms with E-state index in [1.165, 1.54) is 0 Å². The quantitative estimate of drug-likeness (QED) is 0.705. The highest BCUT2D eigenvalue weighted by molar-refractivity contribution is 5.85. The number of hydrogen-bond acceptors (Lipinski definition) is 3. The summed E-state index contributed by atoms with van der Waals surface area (Å²) < 4.78 is 0. The Bertz CT molecular complexity index is 350. The van der Waals surface area contributed by atoms with Crippen LogP contribution >= 0.6 is 0 Å². The van der Waals surface area contributed by atoms with Crippen molar-refractivity contribution in [2.45, 2.75) is 32.4 Å². The standard InChI is InChI=1S/C12H22N4O2/c1-12(2,3)14-10(17)8-15-7-9-6-13-4-5-16(9)11(15)18/h9,13H,4-8H2,1-3H3,(H,14,17). The van der Waals surface area contributed by atoms with E-state index < -0.39 is 0 Å². The molecule has 0 aromatic rings. The molecular weight excluding hydrogens is 232 g/mol. The maximum Gasteiger partial charge on any atom is 0.320 e. The van der Waals surface area contributed by atoms with Crippen molar-refractivity contribution in [3.8, 4) is 0 Å². The van der Waals surface area contributed by atoms with Gasteiger partial charge in [0.2, 0.25) is 5.91 Å². The lowest BCUT2D eigenvalue weighted by molar-refractivity contribution is -0.122. The highest BCUT2D eigenvalue weighted by Gasteiger charge is 2.39. The van der Waals surface area contributed by atoms with Crippen molar-refractivity contribution in [1.82, 2.24) is 20.4 Å². The van der Waals surface area contributed by atoms with Gasteiger partial charge in [0, 0.05) is 31.7 Å². The fraction of sp³-hybridized carbons (Fsp3) is 0.833. The molecule has 2 aliphatic rings. The Balaban J connectivity index is 1.91. The lowest BCUT2D eigenvalue weighted by Crippen LogP contribution is -2.50. The van der Waals surface area contributed by atoms with Gasteiger partial charge in [0.05, 0.1) is 6.04 Å². The van der Waals surface area contributed by atoms with Crippen molar-refractivity contribution in [3.05, 3.63) is 0 Å². The summed E-state index contributed by atoms with van der Waals surface area (Å²) in [5, 5.41) is 6.15. The molecule has 0 radical (unpaired) electrons. The molecule has 0 spiro atoms. The fourth-order valence-electron chi connectivity index (χ4n) is 2.45. The lowest BCUT2D eigenvalue weighted by atomic mass is 10.1. The molecule has 1 atom stereocenters. The average Bonchev–Trinajstić information content (AvgIpc) is 2.54. The number of carbonyl (C=O) groups is 2. The number of rotatable bonds is 2. The van der Waals surface area contributed by atoms with Crippen LogP contribution in [-0.2, 0) is 4.79 Å². The molecule has 2 rings (SSSR count). The number of fused-ring (bicyclic) bond motifs is 1. The first-order chi connectivity index (χ1) is 8.37. The van der Waals surface area contributed by atoms with Crippen LogP contribution in [0.1, 0.15) is 20.8 Å². The second-order valence-corrected chi connectivity index (χ2v) is 6.01. The summed E-state index contributed by atoms with van der Waals surface area (Å²) in [6, 6.07) is 0.208. The summed E-state index contributed by atoms with van der Waals surface area (Å²) in [7, 11) is 0. The van der Waals surface area contributed by atoms with Crippen molar-refractivity contribution < 1.29 is 9.59 Å². The van der Waals surface area contributed by atoms with Crippen LogP contribution in [0.4, 0.5) is 4.79 Å². The molecule has 0 aromatic heterocycles.